The molecule has 1 saturated heterocycles. The van der Waals surface area contributed by atoms with Gasteiger partial charge in [-0.05, 0) is 44.0 Å². The molecule has 158 valence electrons. The molecular formula is C23H33N3O3. The van der Waals surface area contributed by atoms with E-state index in [0.29, 0.717) is 24.9 Å². The highest BCUT2D eigenvalue weighted by atomic mass is 16.5. The van der Waals surface area contributed by atoms with Crippen LogP contribution in [-0.4, -0.2) is 61.1 Å². The number of furan rings is 1. The van der Waals surface area contributed by atoms with E-state index in [9.17, 15) is 4.79 Å². The summed E-state index contributed by atoms with van der Waals surface area (Å²) >= 11 is 0. The number of benzene rings is 1. The molecule has 0 radical (unpaired) electrons. The molecule has 6 heteroatoms. The van der Waals surface area contributed by atoms with Crippen LogP contribution < -0.4 is 5.32 Å². The van der Waals surface area contributed by atoms with Crippen molar-refractivity contribution in [1.29, 1.82) is 0 Å². The molecule has 2 heterocycles. The van der Waals surface area contributed by atoms with E-state index in [1.165, 1.54) is 11.1 Å². The summed E-state index contributed by atoms with van der Waals surface area (Å²) in [6.07, 6.45) is 0. The maximum atomic E-state index is 12.4. The Morgan fingerprint density at radius 3 is 2.62 bits per heavy atom. The van der Waals surface area contributed by atoms with Crippen LogP contribution in [-0.2, 0) is 17.8 Å². The van der Waals surface area contributed by atoms with Gasteiger partial charge in [0, 0.05) is 38.8 Å². The van der Waals surface area contributed by atoms with E-state index in [1.54, 1.807) is 6.07 Å². The lowest BCUT2D eigenvalue weighted by atomic mass is 10.1. The molecule has 1 fully saturated rings. The number of aryl methyl sites for hydroxylation is 1. The van der Waals surface area contributed by atoms with Crippen LogP contribution in [0.2, 0.25) is 0 Å². The van der Waals surface area contributed by atoms with Gasteiger partial charge in [-0.2, -0.15) is 0 Å². The lowest BCUT2D eigenvalue weighted by Crippen LogP contribution is -2.41. The van der Waals surface area contributed by atoms with Gasteiger partial charge < -0.3 is 14.5 Å². The molecule has 1 N–H and O–H groups in total. The third kappa shape index (κ3) is 6.42. The fraction of sp³-hybridized carbons (Fsp3) is 0.522. The number of morpholine rings is 1. The zero-order valence-corrected chi connectivity index (χ0v) is 17.8. The zero-order chi connectivity index (χ0) is 20.6. The van der Waals surface area contributed by atoms with Gasteiger partial charge in [-0.1, -0.05) is 24.3 Å². The molecule has 0 bridgehead atoms. The highest BCUT2D eigenvalue weighted by Crippen LogP contribution is 2.17. The van der Waals surface area contributed by atoms with E-state index in [-0.39, 0.29) is 5.91 Å². The smallest absolute Gasteiger partial charge is 0.287 e. The molecule has 1 aliphatic rings. The van der Waals surface area contributed by atoms with Crippen LogP contribution in [0.25, 0.3) is 0 Å². The maximum absolute atomic E-state index is 12.4. The van der Waals surface area contributed by atoms with Crippen molar-refractivity contribution in [3.63, 3.8) is 0 Å². The first-order chi connectivity index (χ1) is 14.0. The minimum atomic E-state index is -0.153. The summed E-state index contributed by atoms with van der Waals surface area (Å²) in [5, 5.41) is 2.95. The summed E-state index contributed by atoms with van der Waals surface area (Å²) in [6, 6.07) is 12.5. The summed E-state index contributed by atoms with van der Waals surface area (Å²) < 4.78 is 11.2. The number of hydrogen-bond donors (Lipinski definition) is 1. The van der Waals surface area contributed by atoms with Gasteiger partial charge >= 0.3 is 0 Å². The van der Waals surface area contributed by atoms with Crippen molar-refractivity contribution in [1.82, 2.24) is 15.1 Å². The van der Waals surface area contributed by atoms with Crippen LogP contribution in [0.3, 0.4) is 0 Å². The second-order valence-corrected chi connectivity index (χ2v) is 7.90. The molecule has 1 aromatic heterocycles. The molecule has 0 unspecified atom stereocenters. The topological polar surface area (TPSA) is 58.0 Å². The summed E-state index contributed by atoms with van der Waals surface area (Å²) in [5.41, 5.74) is 2.60. The van der Waals surface area contributed by atoms with Crippen LogP contribution in [0.5, 0.6) is 0 Å². The van der Waals surface area contributed by atoms with Gasteiger partial charge in [0.25, 0.3) is 5.91 Å². The van der Waals surface area contributed by atoms with E-state index in [4.69, 9.17) is 9.15 Å². The Hall–Kier alpha value is -2.15. The fourth-order valence-corrected chi connectivity index (χ4v) is 3.45. The van der Waals surface area contributed by atoms with Crippen LogP contribution >= 0.6 is 0 Å². The predicted octanol–water partition coefficient (Wildman–Crippen LogP) is 3.06. The Bertz CT molecular complexity index is 781. The summed E-state index contributed by atoms with van der Waals surface area (Å²) in [5.74, 6) is 1.03. The molecule has 0 spiro atoms. The molecule has 1 aliphatic heterocycles. The Kier molecular flexibility index (Phi) is 7.86. The van der Waals surface area contributed by atoms with Crippen molar-refractivity contribution in [2.24, 2.45) is 0 Å². The van der Waals surface area contributed by atoms with E-state index >= 15 is 0 Å². The molecule has 0 saturated carbocycles. The van der Waals surface area contributed by atoms with Gasteiger partial charge in [-0.3, -0.25) is 14.6 Å². The van der Waals surface area contributed by atoms with Crippen LogP contribution in [0.4, 0.5) is 0 Å². The van der Waals surface area contributed by atoms with Crippen LogP contribution in [0, 0.1) is 6.92 Å². The first-order valence-electron chi connectivity index (χ1n) is 10.5. The van der Waals surface area contributed by atoms with Gasteiger partial charge in [-0.25, -0.2) is 0 Å². The van der Waals surface area contributed by atoms with Crippen LogP contribution in [0.15, 0.2) is 40.8 Å². The van der Waals surface area contributed by atoms with E-state index < -0.39 is 0 Å². The minimum Gasteiger partial charge on any atom is -0.455 e. The second kappa shape index (κ2) is 10.6. The quantitative estimate of drug-likeness (QED) is 0.702. The van der Waals surface area contributed by atoms with Crippen molar-refractivity contribution in [2.45, 2.75) is 39.9 Å². The van der Waals surface area contributed by atoms with Crippen molar-refractivity contribution >= 4 is 5.91 Å². The Labute approximate surface area is 173 Å². The highest BCUT2D eigenvalue weighted by Gasteiger charge is 2.17. The molecule has 1 aromatic carbocycles. The molecule has 6 nitrogen and oxygen atoms in total. The number of carbonyl (C=O) groups excluding carboxylic acids is 1. The lowest BCUT2D eigenvalue weighted by molar-refractivity contribution is 0.0382. The van der Waals surface area contributed by atoms with Gasteiger partial charge in [-0.15, -0.1) is 0 Å². The van der Waals surface area contributed by atoms with E-state index in [1.807, 2.05) is 6.07 Å². The molecule has 1 amide bonds. The SMILES string of the molecule is Cc1ccccc1CN(Cc1ccc(C(=O)NCCN2CCOCC2)o1)C(C)C. The van der Waals surface area contributed by atoms with Crippen molar-refractivity contribution in [3.8, 4) is 0 Å². The first-order valence-corrected chi connectivity index (χ1v) is 10.5. The fourth-order valence-electron chi connectivity index (χ4n) is 3.45. The maximum Gasteiger partial charge on any atom is 0.287 e. The molecule has 29 heavy (non-hydrogen) atoms. The van der Waals surface area contributed by atoms with Crippen LogP contribution in [0.1, 0.15) is 41.3 Å². The predicted molar refractivity (Wildman–Crippen MR) is 114 cm³/mol. The summed E-state index contributed by atoms with van der Waals surface area (Å²) in [7, 11) is 0. The van der Waals surface area contributed by atoms with Crippen molar-refractivity contribution in [3.05, 3.63) is 59.0 Å². The average molecular weight is 400 g/mol. The number of hydrogen-bond acceptors (Lipinski definition) is 5. The third-order valence-corrected chi connectivity index (χ3v) is 5.43. The first kappa shape index (κ1) is 21.6. The normalized spacial score (nSPS) is 15.2. The zero-order valence-electron chi connectivity index (χ0n) is 17.8. The van der Waals surface area contributed by atoms with Gasteiger partial charge in [0.1, 0.15) is 5.76 Å². The largest absolute Gasteiger partial charge is 0.455 e. The molecular weight excluding hydrogens is 366 g/mol. The molecule has 3 rings (SSSR count). The van der Waals surface area contributed by atoms with E-state index in [0.717, 1.165) is 45.2 Å². The number of amides is 1. The third-order valence-electron chi connectivity index (χ3n) is 5.43. The average Bonchev–Trinajstić information content (AvgIpc) is 3.18. The Morgan fingerprint density at radius 1 is 1.14 bits per heavy atom. The Balaban J connectivity index is 1.52. The number of ether oxygens (including phenoxy) is 1. The number of rotatable bonds is 9. The van der Waals surface area contributed by atoms with Gasteiger partial charge in [0.2, 0.25) is 0 Å². The molecule has 2 aromatic rings. The summed E-state index contributed by atoms with van der Waals surface area (Å²) in [6.45, 7) is 12.9. The Morgan fingerprint density at radius 2 is 1.90 bits per heavy atom. The number of nitrogens with zero attached hydrogens (tertiary/aromatic N) is 2. The molecule has 0 atom stereocenters. The standard InChI is InChI=1S/C23H33N3O3/c1-18(2)26(16-20-7-5-4-6-19(20)3)17-21-8-9-22(29-21)23(27)24-10-11-25-12-14-28-15-13-25/h4-9,18H,10-17H2,1-3H3,(H,24,27). The number of nitrogens with one attached hydrogen (secondary N) is 1. The van der Waals surface area contributed by atoms with Crippen molar-refractivity contribution < 1.29 is 13.9 Å². The minimum absolute atomic E-state index is 0.153. The van der Waals surface area contributed by atoms with Crippen molar-refractivity contribution in [2.75, 3.05) is 39.4 Å². The van der Waals surface area contributed by atoms with Gasteiger partial charge in [0.05, 0.1) is 19.8 Å². The number of carbonyl (C=O) groups is 1. The highest BCUT2D eigenvalue weighted by molar-refractivity contribution is 5.91. The molecule has 0 aliphatic carbocycles. The van der Waals surface area contributed by atoms with E-state index in [2.05, 4.69) is 60.2 Å². The summed E-state index contributed by atoms with van der Waals surface area (Å²) in [4.78, 5) is 17.0. The van der Waals surface area contributed by atoms with Gasteiger partial charge in [0.15, 0.2) is 5.76 Å². The second-order valence-electron chi connectivity index (χ2n) is 7.90. The monoisotopic (exact) mass is 399 g/mol. The lowest BCUT2D eigenvalue weighted by Gasteiger charge is -2.26.